The van der Waals surface area contributed by atoms with Gasteiger partial charge in [-0.05, 0) is 73.4 Å². The predicted molar refractivity (Wildman–Crippen MR) is 136 cm³/mol. The number of benzene rings is 2. The lowest BCUT2D eigenvalue weighted by Crippen LogP contribution is -2.44. The molecule has 1 amide bonds. The van der Waals surface area contributed by atoms with Crippen LogP contribution in [0.2, 0.25) is 0 Å². The van der Waals surface area contributed by atoms with Gasteiger partial charge in [0.15, 0.2) is 0 Å². The zero-order valence-electron chi connectivity index (χ0n) is 19.6. The van der Waals surface area contributed by atoms with Gasteiger partial charge in [-0.2, -0.15) is 0 Å². The van der Waals surface area contributed by atoms with Gasteiger partial charge < -0.3 is 14.9 Å². The maximum Gasteiger partial charge on any atom is 0.300 e. The van der Waals surface area contributed by atoms with E-state index in [0.29, 0.717) is 16.8 Å². The van der Waals surface area contributed by atoms with E-state index in [-0.39, 0.29) is 11.3 Å². The van der Waals surface area contributed by atoms with E-state index in [4.69, 9.17) is 0 Å². The monoisotopic (exact) mass is 491 g/mol. The summed E-state index contributed by atoms with van der Waals surface area (Å²) in [5, 5.41) is 13.0. The molecular formula is C27H26FN3O3S. The van der Waals surface area contributed by atoms with E-state index >= 15 is 0 Å². The van der Waals surface area contributed by atoms with E-state index in [9.17, 15) is 19.1 Å². The summed E-state index contributed by atoms with van der Waals surface area (Å²) < 4.78 is 13.8. The van der Waals surface area contributed by atoms with Gasteiger partial charge in [0.05, 0.1) is 5.57 Å². The minimum absolute atomic E-state index is 0.00611. The fourth-order valence-corrected chi connectivity index (χ4v) is 5.47. The van der Waals surface area contributed by atoms with Crippen molar-refractivity contribution in [3.63, 3.8) is 0 Å². The Hall–Kier alpha value is -3.49. The number of halogens is 1. The van der Waals surface area contributed by atoms with Crippen molar-refractivity contribution in [2.24, 2.45) is 0 Å². The van der Waals surface area contributed by atoms with Gasteiger partial charge in [-0.3, -0.25) is 14.5 Å². The summed E-state index contributed by atoms with van der Waals surface area (Å²) in [5.41, 5.74) is 2.29. The Balaban J connectivity index is 1.55. The lowest BCUT2D eigenvalue weighted by atomic mass is 9.98. The van der Waals surface area contributed by atoms with Crippen LogP contribution >= 0.6 is 11.3 Å². The molecule has 2 aromatic carbocycles. The zero-order valence-corrected chi connectivity index (χ0v) is 20.4. The van der Waals surface area contributed by atoms with Gasteiger partial charge >= 0.3 is 0 Å². The number of aliphatic hydroxyl groups excluding tert-OH is 1. The molecule has 35 heavy (non-hydrogen) atoms. The first-order valence-corrected chi connectivity index (χ1v) is 12.4. The molecule has 0 saturated carbocycles. The zero-order chi connectivity index (χ0) is 24.7. The van der Waals surface area contributed by atoms with E-state index in [1.165, 1.54) is 34.4 Å². The standard InChI is InChI=1S/C27H26FN3O3S/c1-17-16-18(5-10-21(17)28)25(32)23-24(22-4-3-15-35-22)31(27(34)26(23)33)20-8-6-19(7-9-20)30-13-11-29(2)12-14-30/h3-10,15-16,24,32H,11-14H2,1-2H3/b25-23-. The molecule has 0 bridgehead atoms. The smallest absolute Gasteiger partial charge is 0.300 e. The second-order valence-electron chi connectivity index (χ2n) is 8.96. The van der Waals surface area contributed by atoms with E-state index in [1.54, 1.807) is 6.92 Å². The molecule has 3 aromatic rings. The van der Waals surface area contributed by atoms with E-state index in [2.05, 4.69) is 16.8 Å². The lowest BCUT2D eigenvalue weighted by molar-refractivity contribution is -0.132. The van der Waals surface area contributed by atoms with Crippen LogP contribution in [0.1, 0.15) is 22.0 Å². The van der Waals surface area contributed by atoms with Crippen molar-refractivity contribution in [2.75, 3.05) is 43.0 Å². The van der Waals surface area contributed by atoms with Crippen LogP contribution in [0.3, 0.4) is 0 Å². The Kier molecular flexibility index (Phi) is 6.17. The van der Waals surface area contributed by atoms with E-state index in [1.807, 2.05) is 41.8 Å². The van der Waals surface area contributed by atoms with Crippen molar-refractivity contribution in [3.8, 4) is 0 Å². The van der Waals surface area contributed by atoms with E-state index in [0.717, 1.165) is 36.7 Å². The van der Waals surface area contributed by atoms with Gasteiger partial charge in [0.1, 0.15) is 17.6 Å². The Morgan fingerprint density at radius 2 is 1.69 bits per heavy atom. The second kappa shape index (κ2) is 9.28. The van der Waals surface area contributed by atoms with Crippen molar-refractivity contribution in [1.29, 1.82) is 0 Å². The third-order valence-electron chi connectivity index (χ3n) is 6.68. The molecule has 0 spiro atoms. The first-order chi connectivity index (χ1) is 16.8. The van der Waals surface area contributed by atoms with E-state index < -0.39 is 23.5 Å². The summed E-state index contributed by atoms with van der Waals surface area (Å²) in [5.74, 6) is -2.17. The number of nitrogens with zero attached hydrogens (tertiary/aromatic N) is 3. The third-order valence-corrected chi connectivity index (χ3v) is 7.61. The molecule has 2 saturated heterocycles. The van der Waals surface area contributed by atoms with Gasteiger partial charge in [-0.15, -0.1) is 11.3 Å². The topological polar surface area (TPSA) is 64.1 Å². The summed E-state index contributed by atoms with van der Waals surface area (Å²) in [4.78, 5) is 33.3. The van der Waals surface area contributed by atoms with Gasteiger partial charge in [0.2, 0.25) is 0 Å². The number of carbonyl (C=O) groups excluding carboxylic acids is 2. The van der Waals surface area contributed by atoms with Crippen LogP contribution in [0.25, 0.3) is 5.76 Å². The normalized spacial score (nSPS) is 20.6. The van der Waals surface area contributed by atoms with Gasteiger partial charge in [-0.1, -0.05) is 6.07 Å². The molecule has 1 aromatic heterocycles. The minimum atomic E-state index is -0.769. The maximum absolute atomic E-state index is 13.8. The first kappa shape index (κ1) is 23.3. The Morgan fingerprint density at radius 3 is 2.31 bits per heavy atom. The summed E-state index contributed by atoms with van der Waals surface area (Å²) >= 11 is 1.41. The predicted octanol–water partition coefficient (Wildman–Crippen LogP) is 4.57. The number of Topliss-reactive ketones (excluding diaryl/α,β-unsaturated/α-hetero) is 1. The van der Waals surface area contributed by atoms with Crippen LogP contribution in [0, 0.1) is 12.7 Å². The number of anilines is 2. The molecule has 8 heteroatoms. The fourth-order valence-electron chi connectivity index (χ4n) is 4.65. The largest absolute Gasteiger partial charge is 0.507 e. The van der Waals surface area contributed by atoms with Gasteiger partial charge in [-0.25, -0.2) is 4.39 Å². The van der Waals surface area contributed by atoms with Crippen molar-refractivity contribution in [2.45, 2.75) is 13.0 Å². The molecule has 0 radical (unpaired) electrons. The molecule has 1 unspecified atom stereocenters. The SMILES string of the molecule is Cc1cc(/C(O)=C2/C(=O)C(=O)N(c3ccc(N4CCN(C)CC4)cc3)C2c2cccs2)ccc1F. The number of ketones is 1. The maximum atomic E-state index is 13.8. The molecule has 180 valence electrons. The van der Waals surface area contributed by atoms with Crippen molar-refractivity contribution in [3.05, 3.63) is 87.4 Å². The highest BCUT2D eigenvalue weighted by Crippen LogP contribution is 2.44. The highest BCUT2D eigenvalue weighted by Gasteiger charge is 2.47. The second-order valence-corrected chi connectivity index (χ2v) is 9.93. The molecule has 3 heterocycles. The highest BCUT2D eigenvalue weighted by atomic mass is 32.1. The Bertz CT molecular complexity index is 1300. The number of amides is 1. The molecule has 6 nitrogen and oxygen atoms in total. The lowest BCUT2D eigenvalue weighted by Gasteiger charge is -2.34. The number of aryl methyl sites for hydroxylation is 1. The quantitative estimate of drug-likeness (QED) is 0.329. The van der Waals surface area contributed by atoms with Crippen molar-refractivity contribution < 1.29 is 19.1 Å². The summed E-state index contributed by atoms with van der Waals surface area (Å²) in [6, 6.07) is 14.7. The number of carbonyl (C=O) groups is 2. The molecule has 0 aliphatic carbocycles. The van der Waals surface area contributed by atoms with Crippen LogP contribution in [-0.2, 0) is 9.59 Å². The number of thiophene rings is 1. The molecule has 2 aliphatic rings. The third kappa shape index (κ3) is 4.24. The molecule has 5 rings (SSSR count). The molecule has 1 N–H and O–H groups in total. The summed E-state index contributed by atoms with van der Waals surface area (Å²) in [7, 11) is 2.11. The van der Waals surface area contributed by atoms with Gasteiger partial charge in [0.25, 0.3) is 11.7 Å². The number of hydrogen-bond donors (Lipinski definition) is 1. The Morgan fingerprint density at radius 1 is 1.00 bits per heavy atom. The van der Waals surface area contributed by atoms with Crippen LogP contribution in [-0.4, -0.2) is 54.9 Å². The van der Waals surface area contributed by atoms with Crippen molar-refractivity contribution >= 4 is 40.2 Å². The van der Waals surface area contributed by atoms with Crippen LogP contribution < -0.4 is 9.80 Å². The number of aliphatic hydroxyl groups is 1. The van der Waals surface area contributed by atoms with Crippen LogP contribution in [0.15, 0.2) is 65.6 Å². The Labute approximate surface area is 207 Å². The minimum Gasteiger partial charge on any atom is -0.507 e. The van der Waals surface area contributed by atoms with Crippen molar-refractivity contribution in [1.82, 2.24) is 4.90 Å². The number of likely N-dealkylation sites (N-methyl/N-ethyl adjacent to an activating group) is 1. The average molecular weight is 492 g/mol. The number of rotatable bonds is 4. The molecule has 1 atom stereocenters. The average Bonchev–Trinajstić information content (AvgIpc) is 3.48. The summed E-state index contributed by atoms with van der Waals surface area (Å²) in [6.45, 7) is 5.40. The highest BCUT2D eigenvalue weighted by molar-refractivity contribution is 7.10. The van der Waals surface area contributed by atoms with Crippen LogP contribution in [0.4, 0.5) is 15.8 Å². The molecule has 2 aliphatic heterocycles. The number of hydrogen-bond acceptors (Lipinski definition) is 6. The molecule has 2 fully saturated rings. The number of piperazine rings is 1. The van der Waals surface area contributed by atoms with Crippen LogP contribution in [0.5, 0.6) is 0 Å². The molecular weight excluding hydrogens is 465 g/mol. The summed E-state index contributed by atoms with van der Waals surface area (Å²) in [6.07, 6.45) is 0. The van der Waals surface area contributed by atoms with Gasteiger partial charge in [0, 0.05) is 48.0 Å². The fraction of sp³-hybridized carbons (Fsp3) is 0.259. The first-order valence-electron chi connectivity index (χ1n) is 11.5.